The monoisotopic (exact) mass is 294 g/mol. The third-order valence-electron chi connectivity index (χ3n) is 3.35. The average molecular weight is 294 g/mol. The summed E-state index contributed by atoms with van der Waals surface area (Å²) in [5.41, 5.74) is 0. The molecule has 0 aromatic carbocycles. The van der Waals surface area contributed by atoms with Crippen LogP contribution in [-0.2, 0) is 4.79 Å². The first-order chi connectivity index (χ1) is 9.43. The molecule has 0 radical (unpaired) electrons. The molecule has 0 aromatic rings. The van der Waals surface area contributed by atoms with Crippen LogP contribution in [0.5, 0.6) is 0 Å². The molecule has 20 heavy (non-hydrogen) atoms. The number of nitrogens with zero attached hydrogens (tertiary/aromatic N) is 2. The number of piperidine rings is 1. The third-order valence-corrected chi connectivity index (χ3v) is 3.35. The summed E-state index contributed by atoms with van der Waals surface area (Å²) < 4.78 is 24.8. The van der Waals surface area contributed by atoms with E-state index in [0.29, 0.717) is 25.9 Å². The van der Waals surface area contributed by atoms with Crippen LogP contribution in [0.1, 0.15) is 19.3 Å². The molecule has 1 fully saturated rings. The number of urea groups is 1. The van der Waals surface area contributed by atoms with Crippen molar-refractivity contribution in [3.8, 4) is 0 Å². The Morgan fingerprint density at radius 1 is 1.30 bits per heavy atom. The molecule has 2 amide bonds. The number of carbonyl (C=O) groups excluding carboxylic acids is 1. The Bertz CT molecular complexity index is 333. The molecule has 6 nitrogen and oxygen atoms in total. The van der Waals surface area contributed by atoms with E-state index in [4.69, 9.17) is 10.2 Å². The molecule has 1 heterocycles. The van der Waals surface area contributed by atoms with Gasteiger partial charge in [0.05, 0.1) is 13.2 Å². The van der Waals surface area contributed by atoms with Crippen LogP contribution < -0.4 is 0 Å². The lowest BCUT2D eigenvalue weighted by atomic mass is 9.94. The standard InChI is InChI=1S/C12H20F2N2O4/c13-10(14)8-16(5-6-17)12(20)15-3-1-9(2-4-15)7-11(18)19/h9-10,17H,1-8H2,(H,18,19). The fourth-order valence-electron chi connectivity index (χ4n) is 2.33. The number of hydrogen-bond acceptors (Lipinski definition) is 3. The van der Waals surface area contributed by atoms with E-state index in [2.05, 4.69) is 0 Å². The van der Waals surface area contributed by atoms with Crippen LogP contribution in [-0.4, -0.2) is 71.2 Å². The van der Waals surface area contributed by atoms with Crippen molar-refractivity contribution in [2.24, 2.45) is 5.92 Å². The maximum atomic E-state index is 12.4. The Kier molecular flexibility index (Phi) is 6.63. The lowest BCUT2D eigenvalue weighted by Gasteiger charge is -2.35. The Balaban J connectivity index is 2.48. The predicted molar refractivity (Wildman–Crippen MR) is 66.6 cm³/mol. The van der Waals surface area contributed by atoms with Crippen molar-refractivity contribution in [1.82, 2.24) is 9.80 Å². The largest absolute Gasteiger partial charge is 0.481 e. The first-order valence-corrected chi connectivity index (χ1v) is 6.58. The molecule has 8 heteroatoms. The maximum absolute atomic E-state index is 12.4. The van der Waals surface area contributed by atoms with Crippen LogP contribution in [0.4, 0.5) is 13.6 Å². The Morgan fingerprint density at radius 2 is 1.90 bits per heavy atom. The van der Waals surface area contributed by atoms with Crippen LogP contribution in [0.25, 0.3) is 0 Å². The number of rotatable bonds is 6. The first-order valence-electron chi connectivity index (χ1n) is 6.58. The van der Waals surface area contributed by atoms with Crippen LogP contribution >= 0.6 is 0 Å². The first kappa shape index (κ1) is 16.6. The van der Waals surface area contributed by atoms with Crippen LogP contribution in [0.3, 0.4) is 0 Å². The summed E-state index contributed by atoms with van der Waals surface area (Å²) in [5, 5.41) is 17.5. The summed E-state index contributed by atoms with van der Waals surface area (Å²) in [4.78, 5) is 25.0. The van der Waals surface area contributed by atoms with E-state index in [1.54, 1.807) is 0 Å². The molecule has 0 unspecified atom stereocenters. The second kappa shape index (κ2) is 7.98. The van der Waals surface area contributed by atoms with Gasteiger partial charge in [-0.3, -0.25) is 4.79 Å². The highest BCUT2D eigenvalue weighted by atomic mass is 19.3. The molecule has 1 rings (SSSR count). The molecule has 116 valence electrons. The number of halogens is 2. The van der Waals surface area contributed by atoms with E-state index in [-0.39, 0.29) is 25.5 Å². The number of carboxylic acids is 1. The van der Waals surface area contributed by atoms with Crippen molar-refractivity contribution in [2.45, 2.75) is 25.7 Å². The van der Waals surface area contributed by atoms with Crippen molar-refractivity contribution < 1.29 is 28.6 Å². The minimum absolute atomic E-state index is 0.0259. The minimum atomic E-state index is -2.64. The van der Waals surface area contributed by atoms with E-state index in [0.717, 1.165) is 4.90 Å². The highest BCUT2D eigenvalue weighted by molar-refractivity contribution is 5.74. The Labute approximate surface area is 116 Å². The molecule has 0 spiro atoms. The molecule has 1 aliphatic rings. The molecule has 0 aliphatic carbocycles. The van der Waals surface area contributed by atoms with Crippen LogP contribution in [0.2, 0.25) is 0 Å². The van der Waals surface area contributed by atoms with Gasteiger partial charge >= 0.3 is 12.0 Å². The van der Waals surface area contributed by atoms with Crippen molar-refractivity contribution in [1.29, 1.82) is 0 Å². The molecule has 0 aromatic heterocycles. The molecule has 1 aliphatic heterocycles. The number of likely N-dealkylation sites (tertiary alicyclic amines) is 1. The van der Waals surface area contributed by atoms with E-state index >= 15 is 0 Å². The number of carbonyl (C=O) groups is 2. The molecule has 2 N–H and O–H groups in total. The summed E-state index contributed by atoms with van der Waals surface area (Å²) in [7, 11) is 0. The quantitative estimate of drug-likeness (QED) is 0.761. The zero-order chi connectivity index (χ0) is 15.1. The van der Waals surface area contributed by atoms with E-state index in [9.17, 15) is 18.4 Å². The predicted octanol–water partition coefficient (Wildman–Crippen LogP) is 0.853. The SMILES string of the molecule is O=C(O)CC1CCN(C(=O)N(CCO)CC(F)F)CC1. The fourth-order valence-corrected chi connectivity index (χ4v) is 2.33. The van der Waals surface area contributed by atoms with Crippen molar-refractivity contribution in [3.05, 3.63) is 0 Å². The summed E-state index contributed by atoms with van der Waals surface area (Å²) >= 11 is 0. The number of aliphatic hydroxyl groups excluding tert-OH is 1. The average Bonchev–Trinajstić information content (AvgIpc) is 2.37. The Hall–Kier alpha value is -1.44. The van der Waals surface area contributed by atoms with E-state index in [1.165, 1.54) is 4.90 Å². The summed E-state index contributed by atoms with van der Waals surface area (Å²) in [5.74, 6) is -0.840. The lowest BCUT2D eigenvalue weighted by molar-refractivity contribution is -0.138. The van der Waals surface area contributed by atoms with Gasteiger partial charge in [0.1, 0.15) is 0 Å². The van der Waals surface area contributed by atoms with Gasteiger partial charge in [0.2, 0.25) is 0 Å². The highest BCUT2D eigenvalue weighted by Crippen LogP contribution is 2.21. The van der Waals surface area contributed by atoms with Crippen molar-refractivity contribution in [2.75, 3.05) is 32.8 Å². The fraction of sp³-hybridized carbons (Fsp3) is 0.833. The molecule has 0 atom stereocenters. The zero-order valence-corrected chi connectivity index (χ0v) is 11.2. The summed E-state index contributed by atoms with van der Waals surface area (Å²) in [6, 6.07) is -0.520. The molecule has 0 saturated carbocycles. The lowest BCUT2D eigenvalue weighted by Crippen LogP contribution is -2.49. The van der Waals surface area contributed by atoms with Crippen molar-refractivity contribution in [3.63, 3.8) is 0 Å². The smallest absolute Gasteiger partial charge is 0.320 e. The Morgan fingerprint density at radius 3 is 2.35 bits per heavy atom. The van der Waals surface area contributed by atoms with E-state index in [1.807, 2.05) is 0 Å². The summed E-state index contributed by atoms with van der Waals surface area (Å²) in [6.45, 7) is -0.468. The van der Waals surface area contributed by atoms with Gasteiger partial charge in [0.25, 0.3) is 6.43 Å². The van der Waals surface area contributed by atoms with Crippen molar-refractivity contribution >= 4 is 12.0 Å². The van der Waals surface area contributed by atoms with Gasteiger partial charge < -0.3 is 20.0 Å². The number of alkyl halides is 2. The van der Waals surface area contributed by atoms with Gasteiger partial charge in [-0.15, -0.1) is 0 Å². The number of carboxylic acid groups (broad SMARTS) is 1. The van der Waals surface area contributed by atoms with E-state index < -0.39 is 25.0 Å². The molecule has 0 bridgehead atoms. The molecular weight excluding hydrogens is 274 g/mol. The van der Waals surface area contributed by atoms with Gasteiger partial charge in [-0.2, -0.15) is 0 Å². The number of hydrogen-bond donors (Lipinski definition) is 2. The van der Waals surface area contributed by atoms with Gasteiger partial charge in [-0.25, -0.2) is 13.6 Å². The third kappa shape index (κ3) is 5.28. The number of aliphatic hydroxyl groups is 1. The number of amides is 2. The normalized spacial score (nSPS) is 16.5. The topological polar surface area (TPSA) is 81.1 Å². The van der Waals surface area contributed by atoms with Crippen LogP contribution in [0, 0.1) is 5.92 Å². The minimum Gasteiger partial charge on any atom is -0.481 e. The maximum Gasteiger partial charge on any atom is 0.320 e. The van der Waals surface area contributed by atoms with Gasteiger partial charge in [-0.1, -0.05) is 0 Å². The van der Waals surface area contributed by atoms with Gasteiger partial charge in [0.15, 0.2) is 0 Å². The highest BCUT2D eigenvalue weighted by Gasteiger charge is 2.28. The second-order valence-electron chi connectivity index (χ2n) is 4.87. The number of aliphatic carboxylic acids is 1. The second-order valence-corrected chi connectivity index (χ2v) is 4.87. The summed E-state index contributed by atoms with van der Waals surface area (Å²) in [6.07, 6.45) is -1.46. The van der Waals surface area contributed by atoms with Gasteiger partial charge in [0, 0.05) is 26.1 Å². The molecule has 1 saturated heterocycles. The van der Waals surface area contributed by atoms with Crippen LogP contribution in [0.15, 0.2) is 0 Å². The zero-order valence-electron chi connectivity index (χ0n) is 11.2. The van der Waals surface area contributed by atoms with Gasteiger partial charge in [-0.05, 0) is 18.8 Å². The molecular formula is C12H20F2N2O4.